The van der Waals surface area contributed by atoms with Crippen LogP contribution in [-0.4, -0.2) is 63.5 Å². The van der Waals surface area contributed by atoms with Crippen LogP contribution in [0.5, 0.6) is 0 Å². The van der Waals surface area contributed by atoms with Crippen molar-refractivity contribution in [3.8, 4) is 0 Å². The van der Waals surface area contributed by atoms with Gasteiger partial charge in [0.2, 0.25) is 21.8 Å². The normalized spacial score (nSPS) is 15.7. The topological polar surface area (TPSA) is 154 Å². The second-order valence-corrected chi connectivity index (χ2v) is 9.75. The van der Waals surface area contributed by atoms with E-state index in [0.717, 1.165) is 32.4 Å². The van der Waals surface area contributed by atoms with Crippen LogP contribution in [0.2, 0.25) is 5.02 Å². The fourth-order valence-electron chi connectivity index (χ4n) is 3.26. The summed E-state index contributed by atoms with van der Waals surface area (Å²) in [5.41, 5.74) is 0. The first-order valence-electron chi connectivity index (χ1n) is 10.4. The highest BCUT2D eigenvalue weighted by Crippen LogP contribution is 2.17. The van der Waals surface area contributed by atoms with Gasteiger partial charge in [0.15, 0.2) is 0 Å². The number of hydrogen-bond donors (Lipinski definition) is 5. The smallest absolute Gasteiger partial charge is 0.323 e. The fraction of sp³-hybridized carbons (Fsp3) is 0.550. The molecule has 0 saturated carbocycles. The molecule has 0 unspecified atom stereocenters. The van der Waals surface area contributed by atoms with Crippen molar-refractivity contribution >= 4 is 39.4 Å². The molecule has 12 heteroatoms. The van der Waals surface area contributed by atoms with E-state index in [4.69, 9.17) is 11.6 Å². The van der Waals surface area contributed by atoms with Crippen molar-refractivity contribution in [3.63, 3.8) is 0 Å². The van der Waals surface area contributed by atoms with Crippen LogP contribution in [0.1, 0.15) is 32.1 Å². The SMILES string of the molecule is O=C(CCC1CCNCC1)NCCC(=O)NC[C@H](NS(=O)(=O)c1ccc(Cl)cc1)C(=O)O. The van der Waals surface area contributed by atoms with Crippen molar-refractivity contribution in [1.82, 2.24) is 20.7 Å². The van der Waals surface area contributed by atoms with E-state index in [0.29, 0.717) is 17.4 Å². The Hall–Kier alpha value is -2.21. The number of piperidine rings is 1. The molecule has 1 aromatic carbocycles. The van der Waals surface area contributed by atoms with Crippen molar-refractivity contribution in [1.29, 1.82) is 0 Å². The maximum atomic E-state index is 12.3. The third kappa shape index (κ3) is 9.11. The summed E-state index contributed by atoms with van der Waals surface area (Å²) in [6.45, 7) is 1.62. The van der Waals surface area contributed by atoms with Gasteiger partial charge in [0.25, 0.3) is 0 Å². The number of amides is 2. The van der Waals surface area contributed by atoms with Crippen LogP contribution in [0.25, 0.3) is 0 Å². The summed E-state index contributed by atoms with van der Waals surface area (Å²) in [7, 11) is -4.11. The van der Waals surface area contributed by atoms with E-state index in [2.05, 4.69) is 16.0 Å². The summed E-state index contributed by atoms with van der Waals surface area (Å²) in [6, 6.07) is 3.67. The Balaban J connectivity index is 1.71. The zero-order valence-corrected chi connectivity index (χ0v) is 19.2. The largest absolute Gasteiger partial charge is 0.480 e. The Morgan fingerprint density at radius 3 is 2.31 bits per heavy atom. The van der Waals surface area contributed by atoms with E-state index >= 15 is 0 Å². The number of carboxylic acids is 1. The van der Waals surface area contributed by atoms with Gasteiger partial charge in [0.1, 0.15) is 6.04 Å². The zero-order valence-electron chi connectivity index (χ0n) is 17.6. The van der Waals surface area contributed by atoms with Crippen LogP contribution < -0.4 is 20.7 Å². The first-order valence-corrected chi connectivity index (χ1v) is 12.3. The number of carbonyl (C=O) groups is 3. The first-order chi connectivity index (χ1) is 15.2. The molecule has 0 aromatic heterocycles. The average molecular weight is 489 g/mol. The van der Waals surface area contributed by atoms with Crippen molar-refractivity contribution in [2.75, 3.05) is 26.2 Å². The quantitative estimate of drug-likeness (QED) is 0.286. The molecule has 1 aromatic rings. The van der Waals surface area contributed by atoms with E-state index < -0.39 is 34.5 Å². The predicted molar refractivity (Wildman–Crippen MR) is 119 cm³/mol. The lowest BCUT2D eigenvalue weighted by atomic mass is 9.93. The molecule has 32 heavy (non-hydrogen) atoms. The summed E-state index contributed by atoms with van der Waals surface area (Å²) in [5, 5.41) is 18.0. The number of rotatable bonds is 12. The average Bonchev–Trinajstić information content (AvgIpc) is 2.76. The maximum absolute atomic E-state index is 12.3. The fourth-order valence-corrected chi connectivity index (χ4v) is 4.58. The number of benzene rings is 1. The molecule has 2 amide bonds. The summed E-state index contributed by atoms with van der Waals surface area (Å²) in [5.74, 6) is -1.53. The minimum absolute atomic E-state index is 0.0463. The Morgan fingerprint density at radius 2 is 1.69 bits per heavy atom. The lowest BCUT2D eigenvalue weighted by Crippen LogP contribution is -2.48. The molecule has 1 atom stereocenters. The van der Waals surface area contributed by atoms with E-state index in [-0.39, 0.29) is 23.8 Å². The molecule has 10 nitrogen and oxygen atoms in total. The van der Waals surface area contributed by atoms with Crippen LogP contribution in [0.3, 0.4) is 0 Å². The van der Waals surface area contributed by atoms with Crippen molar-refractivity contribution in [2.45, 2.75) is 43.0 Å². The van der Waals surface area contributed by atoms with Gasteiger partial charge >= 0.3 is 5.97 Å². The molecule has 0 spiro atoms. The van der Waals surface area contributed by atoms with Crippen LogP contribution in [0.15, 0.2) is 29.2 Å². The Bertz CT molecular complexity index is 888. The molecular formula is C20H29ClN4O6S. The van der Waals surface area contributed by atoms with Gasteiger partial charge < -0.3 is 21.1 Å². The highest BCUT2D eigenvalue weighted by atomic mass is 35.5. The lowest BCUT2D eigenvalue weighted by molar-refractivity contribution is -0.138. The van der Waals surface area contributed by atoms with Crippen molar-refractivity contribution < 1.29 is 27.9 Å². The molecule has 1 heterocycles. The number of hydrogen-bond acceptors (Lipinski definition) is 6. The number of aliphatic carboxylic acids is 1. The summed E-state index contributed by atoms with van der Waals surface area (Å²) in [4.78, 5) is 35.2. The Labute approximate surface area is 192 Å². The second kappa shape index (κ2) is 12.7. The Morgan fingerprint density at radius 1 is 1.06 bits per heavy atom. The maximum Gasteiger partial charge on any atom is 0.323 e. The predicted octanol–water partition coefficient (Wildman–Crippen LogP) is 0.474. The minimum Gasteiger partial charge on any atom is -0.480 e. The van der Waals surface area contributed by atoms with Crippen LogP contribution in [0.4, 0.5) is 0 Å². The molecule has 1 aliphatic rings. The summed E-state index contributed by atoms with van der Waals surface area (Å²) in [6.07, 6.45) is 3.29. The molecule has 2 rings (SSSR count). The van der Waals surface area contributed by atoms with Crippen molar-refractivity contribution in [2.24, 2.45) is 5.92 Å². The molecule has 0 aliphatic carbocycles. The van der Waals surface area contributed by atoms with Gasteiger partial charge in [-0.05, 0) is 62.5 Å². The second-order valence-electron chi connectivity index (χ2n) is 7.60. The van der Waals surface area contributed by atoms with Crippen LogP contribution in [0, 0.1) is 5.92 Å². The van der Waals surface area contributed by atoms with Crippen molar-refractivity contribution in [3.05, 3.63) is 29.3 Å². The summed E-state index contributed by atoms with van der Waals surface area (Å²) < 4.78 is 26.7. The molecule has 1 saturated heterocycles. The molecule has 1 fully saturated rings. The highest BCUT2D eigenvalue weighted by molar-refractivity contribution is 7.89. The molecule has 5 N–H and O–H groups in total. The standard InChI is InChI=1S/C20H29ClN4O6S/c21-15-2-4-16(5-3-15)32(30,31)25-17(20(28)29)13-24-19(27)9-12-23-18(26)6-1-14-7-10-22-11-8-14/h2-5,14,17,22,25H,1,6-13H2,(H,23,26)(H,24,27)(H,28,29)/t17-/m0/s1. The molecule has 178 valence electrons. The monoisotopic (exact) mass is 488 g/mol. The number of carbonyl (C=O) groups excluding carboxylic acids is 2. The summed E-state index contributed by atoms with van der Waals surface area (Å²) >= 11 is 5.73. The molecular weight excluding hydrogens is 460 g/mol. The van der Waals surface area contributed by atoms with Gasteiger partial charge in [-0.2, -0.15) is 4.72 Å². The van der Waals surface area contributed by atoms with Gasteiger partial charge in [0, 0.05) is 31.0 Å². The Kier molecular flexibility index (Phi) is 10.4. The highest BCUT2D eigenvalue weighted by Gasteiger charge is 2.26. The van der Waals surface area contributed by atoms with Crippen LogP contribution in [-0.2, 0) is 24.4 Å². The van der Waals surface area contributed by atoms with Gasteiger partial charge in [-0.3, -0.25) is 14.4 Å². The van der Waals surface area contributed by atoms with Gasteiger partial charge in [-0.25, -0.2) is 8.42 Å². The number of nitrogens with one attached hydrogen (secondary N) is 4. The molecule has 0 radical (unpaired) electrons. The lowest BCUT2D eigenvalue weighted by Gasteiger charge is -2.22. The number of sulfonamides is 1. The first kappa shape index (κ1) is 26.0. The number of halogens is 1. The third-order valence-electron chi connectivity index (χ3n) is 5.14. The van der Waals surface area contributed by atoms with E-state index in [1.165, 1.54) is 24.3 Å². The molecule has 1 aliphatic heterocycles. The van der Waals surface area contributed by atoms with Gasteiger partial charge in [-0.15, -0.1) is 0 Å². The van der Waals surface area contributed by atoms with Gasteiger partial charge in [0.05, 0.1) is 4.90 Å². The number of carboxylic acid groups (broad SMARTS) is 1. The minimum atomic E-state index is -4.11. The van der Waals surface area contributed by atoms with E-state index in [9.17, 15) is 27.9 Å². The molecule has 0 bridgehead atoms. The van der Waals surface area contributed by atoms with E-state index in [1.54, 1.807) is 0 Å². The zero-order chi connectivity index (χ0) is 23.6. The van der Waals surface area contributed by atoms with E-state index in [1.807, 2.05) is 4.72 Å². The van der Waals surface area contributed by atoms with Crippen LogP contribution >= 0.6 is 11.6 Å². The van der Waals surface area contributed by atoms with Gasteiger partial charge in [-0.1, -0.05) is 11.6 Å². The third-order valence-corrected chi connectivity index (χ3v) is 6.87.